The molecule has 0 heterocycles. The topological polar surface area (TPSA) is 18.5 Å². The maximum absolute atomic E-state index is 13.2. The van der Waals surface area contributed by atoms with Gasteiger partial charge in [0, 0.05) is 12.5 Å². The molecule has 0 bridgehead atoms. The van der Waals surface area contributed by atoms with Crippen LogP contribution in [0.1, 0.15) is 12.5 Å². The van der Waals surface area contributed by atoms with E-state index in [2.05, 4.69) is 0 Å². The lowest BCUT2D eigenvalue weighted by Gasteiger charge is -2.07. The summed E-state index contributed by atoms with van der Waals surface area (Å²) in [4.78, 5) is 0. The molecule has 0 radical (unpaired) electrons. The minimum absolute atomic E-state index is 0.0631. The van der Waals surface area contributed by atoms with Crippen molar-refractivity contribution in [3.63, 3.8) is 0 Å². The molecule has 0 N–H and O–H groups in total. The van der Waals surface area contributed by atoms with Crippen molar-refractivity contribution in [3.8, 4) is 5.75 Å². The highest BCUT2D eigenvalue weighted by Crippen LogP contribution is 2.19. The third-order valence-electron chi connectivity index (χ3n) is 1.65. The molecule has 1 rings (SSSR count). The van der Waals surface area contributed by atoms with Crippen molar-refractivity contribution in [2.75, 3.05) is 13.4 Å². The Hall–Kier alpha value is -0.800. The molecule has 0 aliphatic carbocycles. The second kappa shape index (κ2) is 5.83. The number of hydrogen-bond donors (Lipinski definition) is 0. The lowest BCUT2D eigenvalue weighted by atomic mass is 10.2. The van der Waals surface area contributed by atoms with Gasteiger partial charge in [0.25, 0.3) is 0 Å². The Balaban J connectivity index is 2.59. The van der Waals surface area contributed by atoms with Crippen LogP contribution in [0.25, 0.3) is 0 Å². The van der Waals surface area contributed by atoms with Crippen LogP contribution in [0.5, 0.6) is 5.75 Å². The second-order valence-corrected chi connectivity index (χ2v) is 2.92. The fourth-order valence-corrected chi connectivity index (χ4v) is 1.10. The average molecular weight is 219 g/mol. The van der Waals surface area contributed by atoms with E-state index in [1.165, 1.54) is 6.07 Å². The van der Waals surface area contributed by atoms with Crippen molar-refractivity contribution >= 4 is 11.6 Å². The Morgan fingerprint density at radius 3 is 2.79 bits per heavy atom. The first-order chi connectivity index (χ1) is 6.77. The summed E-state index contributed by atoms with van der Waals surface area (Å²) in [7, 11) is 0. The SMILES string of the molecule is CCOCOc1ccc(CCl)cc1F. The Morgan fingerprint density at radius 2 is 2.21 bits per heavy atom. The lowest BCUT2D eigenvalue weighted by molar-refractivity contribution is 0.0201. The number of halogens is 2. The van der Waals surface area contributed by atoms with Gasteiger partial charge in [0.05, 0.1) is 0 Å². The number of ether oxygens (including phenoxy) is 2. The van der Waals surface area contributed by atoms with Crippen LogP contribution in [-0.2, 0) is 10.6 Å². The van der Waals surface area contributed by atoms with Crippen LogP contribution in [0.15, 0.2) is 18.2 Å². The third kappa shape index (κ3) is 3.16. The molecule has 1 aromatic carbocycles. The monoisotopic (exact) mass is 218 g/mol. The van der Waals surface area contributed by atoms with Gasteiger partial charge in [0.1, 0.15) is 0 Å². The van der Waals surface area contributed by atoms with E-state index in [4.69, 9.17) is 21.1 Å². The summed E-state index contributed by atoms with van der Waals surface area (Å²) in [5.41, 5.74) is 0.730. The molecule has 4 heteroatoms. The fourth-order valence-electron chi connectivity index (χ4n) is 0.933. The Labute approximate surface area is 87.6 Å². The van der Waals surface area contributed by atoms with E-state index in [1.54, 1.807) is 12.1 Å². The van der Waals surface area contributed by atoms with Gasteiger partial charge in [-0.05, 0) is 24.6 Å². The lowest BCUT2D eigenvalue weighted by Crippen LogP contribution is -2.03. The van der Waals surface area contributed by atoms with Gasteiger partial charge in [-0.15, -0.1) is 11.6 Å². The largest absolute Gasteiger partial charge is 0.464 e. The molecule has 0 fully saturated rings. The predicted molar refractivity (Wildman–Crippen MR) is 53.1 cm³/mol. The summed E-state index contributed by atoms with van der Waals surface area (Å²) in [5.74, 6) is 0.0676. The van der Waals surface area contributed by atoms with E-state index in [9.17, 15) is 4.39 Å². The maximum Gasteiger partial charge on any atom is 0.189 e. The van der Waals surface area contributed by atoms with Gasteiger partial charge >= 0.3 is 0 Å². The fraction of sp³-hybridized carbons (Fsp3) is 0.400. The van der Waals surface area contributed by atoms with Crippen LogP contribution in [-0.4, -0.2) is 13.4 Å². The van der Waals surface area contributed by atoms with E-state index in [0.29, 0.717) is 12.5 Å². The van der Waals surface area contributed by atoms with Crippen molar-refractivity contribution in [1.82, 2.24) is 0 Å². The highest BCUT2D eigenvalue weighted by Gasteiger charge is 2.03. The summed E-state index contributed by atoms with van der Waals surface area (Å²) in [6.07, 6.45) is 0. The number of rotatable bonds is 5. The van der Waals surface area contributed by atoms with Gasteiger partial charge in [0.15, 0.2) is 18.4 Å². The Kier molecular flexibility index (Phi) is 4.70. The number of benzene rings is 1. The minimum Gasteiger partial charge on any atom is -0.464 e. The normalized spacial score (nSPS) is 10.2. The zero-order valence-corrected chi connectivity index (χ0v) is 8.68. The van der Waals surface area contributed by atoms with Crippen LogP contribution in [0, 0.1) is 5.82 Å². The zero-order chi connectivity index (χ0) is 10.4. The van der Waals surface area contributed by atoms with Crippen LogP contribution in [0.4, 0.5) is 4.39 Å². The van der Waals surface area contributed by atoms with Crippen molar-refractivity contribution in [2.45, 2.75) is 12.8 Å². The molecule has 0 aliphatic rings. The van der Waals surface area contributed by atoms with Crippen LogP contribution < -0.4 is 4.74 Å². The summed E-state index contributed by atoms with van der Waals surface area (Å²) in [6, 6.07) is 4.62. The minimum atomic E-state index is -0.414. The van der Waals surface area contributed by atoms with E-state index in [-0.39, 0.29) is 12.5 Å². The van der Waals surface area contributed by atoms with E-state index < -0.39 is 5.82 Å². The average Bonchev–Trinajstić information content (AvgIpc) is 2.20. The summed E-state index contributed by atoms with van der Waals surface area (Å²) in [6.45, 7) is 2.45. The predicted octanol–water partition coefficient (Wildman–Crippen LogP) is 2.94. The number of alkyl halides is 1. The summed E-state index contributed by atoms with van der Waals surface area (Å²) in [5, 5.41) is 0. The number of hydrogen-bond acceptors (Lipinski definition) is 2. The van der Waals surface area contributed by atoms with E-state index in [1.807, 2.05) is 6.92 Å². The van der Waals surface area contributed by atoms with E-state index in [0.717, 1.165) is 5.56 Å². The van der Waals surface area contributed by atoms with Crippen LogP contribution in [0.3, 0.4) is 0 Å². The quantitative estimate of drug-likeness (QED) is 0.430. The van der Waals surface area contributed by atoms with Gasteiger partial charge < -0.3 is 9.47 Å². The highest BCUT2D eigenvalue weighted by molar-refractivity contribution is 6.17. The van der Waals surface area contributed by atoms with Crippen molar-refractivity contribution in [3.05, 3.63) is 29.6 Å². The molecule has 1 aromatic rings. The van der Waals surface area contributed by atoms with Crippen molar-refractivity contribution in [2.24, 2.45) is 0 Å². The molecule has 0 spiro atoms. The molecular formula is C10H12ClFO2. The van der Waals surface area contributed by atoms with Gasteiger partial charge in [-0.2, -0.15) is 0 Å². The summed E-state index contributed by atoms with van der Waals surface area (Å²) >= 11 is 5.55. The first-order valence-electron chi connectivity index (χ1n) is 4.33. The maximum atomic E-state index is 13.2. The zero-order valence-electron chi connectivity index (χ0n) is 7.93. The molecular weight excluding hydrogens is 207 g/mol. The molecule has 0 aromatic heterocycles. The molecule has 0 atom stereocenters. The van der Waals surface area contributed by atoms with Gasteiger partial charge in [-0.1, -0.05) is 6.07 Å². The Morgan fingerprint density at radius 1 is 1.43 bits per heavy atom. The molecule has 0 amide bonds. The Bertz CT molecular complexity index is 291. The molecule has 0 aliphatic heterocycles. The molecule has 0 saturated carbocycles. The molecule has 2 nitrogen and oxygen atoms in total. The van der Waals surface area contributed by atoms with Gasteiger partial charge in [0.2, 0.25) is 0 Å². The molecule has 0 saturated heterocycles. The van der Waals surface area contributed by atoms with Crippen LogP contribution >= 0.6 is 11.6 Å². The first kappa shape index (κ1) is 11.3. The van der Waals surface area contributed by atoms with Crippen LogP contribution in [0.2, 0.25) is 0 Å². The third-order valence-corrected chi connectivity index (χ3v) is 1.96. The second-order valence-electron chi connectivity index (χ2n) is 2.65. The smallest absolute Gasteiger partial charge is 0.189 e. The molecule has 0 unspecified atom stereocenters. The van der Waals surface area contributed by atoms with Gasteiger partial charge in [-0.3, -0.25) is 0 Å². The van der Waals surface area contributed by atoms with Gasteiger partial charge in [-0.25, -0.2) is 4.39 Å². The standard InChI is InChI=1S/C10H12ClFO2/c1-2-13-7-14-10-4-3-8(6-11)5-9(10)12/h3-5H,2,6-7H2,1H3. The van der Waals surface area contributed by atoms with Crippen molar-refractivity contribution < 1.29 is 13.9 Å². The van der Waals surface area contributed by atoms with E-state index >= 15 is 0 Å². The molecule has 78 valence electrons. The van der Waals surface area contributed by atoms with Crippen molar-refractivity contribution in [1.29, 1.82) is 0 Å². The molecule has 14 heavy (non-hydrogen) atoms. The first-order valence-corrected chi connectivity index (χ1v) is 4.86. The summed E-state index contributed by atoms with van der Waals surface area (Å²) < 4.78 is 23.2. The highest BCUT2D eigenvalue weighted by atomic mass is 35.5.